The van der Waals surface area contributed by atoms with Crippen molar-refractivity contribution in [2.45, 2.75) is 39.7 Å². The van der Waals surface area contributed by atoms with Gasteiger partial charge in [0.25, 0.3) is 0 Å². The van der Waals surface area contributed by atoms with Crippen LogP contribution in [0.2, 0.25) is 0 Å². The molecule has 5 heteroatoms. The molecule has 2 aliphatic rings. The van der Waals surface area contributed by atoms with Crippen molar-refractivity contribution in [2.75, 3.05) is 32.8 Å². The number of hydrogen-bond acceptors (Lipinski definition) is 4. The molecule has 0 radical (unpaired) electrons. The minimum absolute atomic E-state index is 0.243. The van der Waals surface area contributed by atoms with E-state index in [9.17, 15) is 4.79 Å². The zero-order valence-electron chi connectivity index (χ0n) is 16.7. The maximum atomic E-state index is 12.9. The van der Waals surface area contributed by atoms with Crippen molar-refractivity contribution in [3.05, 3.63) is 30.0 Å². The molecule has 1 aliphatic carbocycles. The number of benzene rings is 1. The SMILES string of the molecule is CCOCCN1CC2C(CCC(=O)c3cccc4cn(C(C)C)nc34)C2C1. The molecule has 2 fully saturated rings. The van der Waals surface area contributed by atoms with Crippen LogP contribution >= 0.6 is 0 Å². The monoisotopic (exact) mass is 369 g/mol. The molecule has 4 rings (SSSR count). The summed E-state index contributed by atoms with van der Waals surface area (Å²) >= 11 is 0. The van der Waals surface area contributed by atoms with Crippen LogP contribution in [-0.4, -0.2) is 53.3 Å². The fourth-order valence-corrected chi connectivity index (χ4v) is 4.67. The molecule has 27 heavy (non-hydrogen) atoms. The average molecular weight is 370 g/mol. The Morgan fingerprint density at radius 2 is 2.07 bits per heavy atom. The molecule has 1 aliphatic heterocycles. The predicted octanol–water partition coefficient (Wildman–Crippen LogP) is 3.79. The molecule has 1 aromatic carbocycles. The lowest BCUT2D eigenvalue weighted by molar-refractivity contribution is 0.0975. The number of fused-ring (bicyclic) bond motifs is 2. The topological polar surface area (TPSA) is 47.4 Å². The molecule has 2 atom stereocenters. The van der Waals surface area contributed by atoms with E-state index in [0.717, 1.165) is 60.4 Å². The van der Waals surface area contributed by atoms with Gasteiger partial charge in [0.1, 0.15) is 5.52 Å². The summed E-state index contributed by atoms with van der Waals surface area (Å²) in [6.45, 7) is 11.3. The number of ketones is 1. The Balaban J connectivity index is 1.31. The number of hydrogen-bond donors (Lipinski definition) is 0. The van der Waals surface area contributed by atoms with E-state index >= 15 is 0 Å². The lowest BCUT2D eigenvalue weighted by Gasteiger charge is -2.19. The number of carbonyl (C=O) groups is 1. The summed E-state index contributed by atoms with van der Waals surface area (Å²) < 4.78 is 7.41. The first-order valence-electron chi connectivity index (χ1n) is 10.4. The van der Waals surface area contributed by atoms with Crippen LogP contribution < -0.4 is 0 Å². The Morgan fingerprint density at radius 3 is 2.78 bits per heavy atom. The molecular formula is C22H31N3O2. The molecule has 0 bridgehead atoms. The molecule has 0 spiro atoms. The predicted molar refractivity (Wildman–Crippen MR) is 107 cm³/mol. The highest BCUT2D eigenvalue weighted by atomic mass is 16.5. The number of ether oxygens (including phenoxy) is 1. The molecule has 5 nitrogen and oxygen atoms in total. The fraction of sp³-hybridized carbons (Fsp3) is 0.636. The van der Waals surface area contributed by atoms with E-state index in [-0.39, 0.29) is 5.78 Å². The van der Waals surface area contributed by atoms with Crippen molar-refractivity contribution in [1.29, 1.82) is 0 Å². The van der Waals surface area contributed by atoms with E-state index in [2.05, 4.69) is 23.8 Å². The standard InChI is InChI=1S/C22H31N3O2/c1-4-27-11-10-24-13-19-17(20(19)14-24)8-9-21(26)18-7-5-6-16-12-25(15(2)3)23-22(16)18/h5-7,12,15,17,19-20H,4,8-11,13-14H2,1-3H3. The van der Waals surface area contributed by atoms with E-state index in [1.54, 1.807) is 0 Å². The fourth-order valence-electron chi connectivity index (χ4n) is 4.67. The third kappa shape index (κ3) is 3.81. The van der Waals surface area contributed by atoms with Crippen LogP contribution in [0.25, 0.3) is 10.9 Å². The summed E-state index contributed by atoms with van der Waals surface area (Å²) in [6, 6.07) is 6.26. The lowest BCUT2D eigenvalue weighted by Crippen LogP contribution is -2.28. The number of aromatic nitrogens is 2. The first-order valence-corrected chi connectivity index (χ1v) is 10.4. The van der Waals surface area contributed by atoms with Gasteiger partial charge < -0.3 is 9.64 Å². The van der Waals surface area contributed by atoms with Gasteiger partial charge in [-0.2, -0.15) is 5.10 Å². The first-order chi connectivity index (χ1) is 13.1. The van der Waals surface area contributed by atoms with Gasteiger partial charge in [-0.3, -0.25) is 9.48 Å². The van der Waals surface area contributed by atoms with Crippen LogP contribution in [0.4, 0.5) is 0 Å². The first kappa shape index (κ1) is 18.6. The zero-order chi connectivity index (χ0) is 19.0. The summed E-state index contributed by atoms with van der Waals surface area (Å²) in [5, 5.41) is 5.71. The van der Waals surface area contributed by atoms with Gasteiger partial charge in [0, 0.05) is 55.9 Å². The van der Waals surface area contributed by atoms with Crippen LogP contribution in [0, 0.1) is 17.8 Å². The van der Waals surface area contributed by atoms with Crippen LogP contribution in [0.5, 0.6) is 0 Å². The highest BCUT2D eigenvalue weighted by Crippen LogP contribution is 2.54. The molecule has 2 unspecified atom stereocenters. The van der Waals surface area contributed by atoms with Crippen molar-refractivity contribution in [3.8, 4) is 0 Å². The molecular weight excluding hydrogens is 338 g/mol. The largest absolute Gasteiger partial charge is 0.380 e. The number of piperidine rings is 1. The van der Waals surface area contributed by atoms with Crippen LogP contribution in [0.3, 0.4) is 0 Å². The molecule has 146 valence electrons. The Kier molecular flexibility index (Phi) is 5.33. The second-order valence-corrected chi connectivity index (χ2v) is 8.36. The van der Waals surface area contributed by atoms with Gasteiger partial charge in [-0.1, -0.05) is 12.1 Å². The van der Waals surface area contributed by atoms with E-state index < -0.39 is 0 Å². The highest BCUT2D eigenvalue weighted by molar-refractivity contribution is 6.06. The van der Waals surface area contributed by atoms with Crippen molar-refractivity contribution < 1.29 is 9.53 Å². The van der Waals surface area contributed by atoms with Gasteiger partial charge in [0.05, 0.1) is 6.61 Å². The minimum Gasteiger partial charge on any atom is -0.380 e. The molecule has 0 amide bonds. The van der Waals surface area contributed by atoms with E-state index in [0.29, 0.717) is 12.5 Å². The van der Waals surface area contributed by atoms with Crippen LogP contribution in [0.15, 0.2) is 24.4 Å². The summed E-state index contributed by atoms with van der Waals surface area (Å²) in [5.41, 5.74) is 1.64. The van der Waals surface area contributed by atoms with Gasteiger partial charge in [-0.05, 0) is 51.0 Å². The molecule has 2 aromatic rings. The Morgan fingerprint density at radius 1 is 1.30 bits per heavy atom. The molecule has 2 heterocycles. The Bertz CT molecular complexity index is 801. The van der Waals surface area contributed by atoms with Gasteiger partial charge in [-0.25, -0.2) is 0 Å². The summed E-state index contributed by atoms with van der Waals surface area (Å²) in [5.74, 6) is 2.59. The summed E-state index contributed by atoms with van der Waals surface area (Å²) in [7, 11) is 0. The van der Waals surface area contributed by atoms with Gasteiger partial charge in [0.2, 0.25) is 0 Å². The molecule has 1 saturated carbocycles. The second-order valence-electron chi connectivity index (χ2n) is 8.36. The number of likely N-dealkylation sites (tertiary alicyclic amines) is 1. The molecule has 1 saturated heterocycles. The number of Topliss-reactive ketones (excluding diaryl/α,β-unsaturated/α-hetero) is 1. The highest BCUT2D eigenvalue weighted by Gasteiger charge is 2.54. The Labute approximate surface area is 161 Å². The maximum absolute atomic E-state index is 12.9. The van der Waals surface area contributed by atoms with Crippen molar-refractivity contribution in [1.82, 2.24) is 14.7 Å². The van der Waals surface area contributed by atoms with E-state index in [4.69, 9.17) is 4.74 Å². The van der Waals surface area contributed by atoms with Crippen molar-refractivity contribution in [3.63, 3.8) is 0 Å². The number of carbonyl (C=O) groups excluding carboxylic acids is 1. The van der Waals surface area contributed by atoms with Crippen molar-refractivity contribution in [2.24, 2.45) is 17.8 Å². The quantitative estimate of drug-likeness (QED) is 0.498. The second kappa shape index (κ2) is 7.72. The van der Waals surface area contributed by atoms with E-state index in [1.165, 1.54) is 13.1 Å². The molecule has 1 aromatic heterocycles. The van der Waals surface area contributed by atoms with Gasteiger partial charge in [-0.15, -0.1) is 0 Å². The smallest absolute Gasteiger partial charge is 0.165 e. The third-order valence-electron chi connectivity index (χ3n) is 6.29. The van der Waals surface area contributed by atoms with E-state index in [1.807, 2.05) is 36.0 Å². The van der Waals surface area contributed by atoms with Crippen LogP contribution in [0.1, 0.15) is 50.0 Å². The Hall–Kier alpha value is -1.72. The number of rotatable bonds is 9. The zero-order valence-corrected chi connectivity index (χ0v) is 16.7. The normalized spacial score (nSPS) is 24.7. The summed E-state index contributed by atoms with van der Waals surface area (Å²) in [6.07, 6.45) is 3.71. The average Bonchev–Trinajstić information content (AvgIpc) is 3.03. The number of nitrogens with zero attached hydrogens (tertiary/aromatic N) is 3. The van der Waals surface area contributed by atoms with Crippen LogP contribution in [-0.2, 0) is 4.74 Å². The minimum atomic E-state index is 0.243. The van der Waals surface area contributed by atoms with Gasteiger partial charge in [0.15, 0.2) is 5.78 Å². The molecule has 0 N–H and O–H groups in total. The summed E-state index contributed by atoms with van der Waals surface area (Å²) in [4.78, 5) is 15.4. The lowest BCUT2D eigenvalue weighted by atomic mass is 10.0. The van der Waals surface area contributed by atoms with Crippen molar-refractivity contribution >= 4 is 16.7 Å². The third-order valence-corrected chi connectivity index (χ3v) is 6.29. The maximum Gasteiger partial charge on any atom is 0.165 e. The van der Waals surface area contributed by atoms with Gasteiger partial charge >= 0.3 is 0 Å².